The quantitative estimate of drug-likeness (QED) is 0.485. The van der Waals surface area contributed by atoms with E-state index in [0.29, 0.717) is 52.8 Å². The third-order valence-corrected chi connectivity index (χ3v) is 5.07. The zero-order valence-electron chi connectivity index (χ0n) is 17.0. The summed E-state index contributed by atoms with van der Waals surface area (Å²) in [5, 5.41) is 0.550. The number of nitrogens with one attached hydrogen (secondary N) is 1. The maximum atomic E-state index is 12.8. The predicted octanol–water partition coefficient (Wildman–Crippen LogP) is 4.90. The van der Waals surface area contributed by atoms with E-state index in [-0.39, 0.29) is 12.2 Å². The van der Waals surface area contributed by atoms with Crippen LogP contribution in [0.1, 0.15) is 12.5 Å². The van der Waals surface area contributed by atoms with Gasteiger partial charge in [-0.05, 0) is 30.7 Å². The molecule has 1 aliphatic heterocycles. The molecule has 0 bridgehead atoms. The van der Waals surface area contributed by atoms with Gasteiger partial charge in [0.1, 0.15) is 18.1 Å². The first kappa shape index (κ1) is 19.1. The lowest BCUT2D eigenvalue weighted by atomic mass is 10.1. The van der Waals surface area contributed by atoms with Gasteiger partial charge in [-0.1, -0.05) is 30.3 Å². The molecule has 2 heterocycles. The third kappa shape index (κ3) is 3.92. The van der Waals surface area contributed by atoms with Gasteiger partial charge in [-0.2, -0.15) is 0 Å². The SMILES string of the molecule is CCOc1cc(OCc2ccccc2)cc(-c2cc(=O)c3cc4c(cc3[nH]2)OCO4)c1. The first-order chi connectivity index (χ1) is 15.2. The lowest BCUT2D eigenvalue weighted by Gasteiger charge is -2.13. The van der Waals surface area contributed by atoms with Crippen LogP contribution in [0.4, 0.5) is 0 Å². The van der Waals surface area contributed by atoms with E-state index in [4.69, 9.17) is 18.9 Å². The van der Waals surface area contributed by atoms with Gasteiger partial charge < -0.3 is 23.9 Å². The zero-order valence-corrected chi connectivity index (χ0v) is 17.0. The topological polar surface area (TPSA) is 69.8 Å². The summed E-state index contributed by atoms with van der Waals surface area (Å²) in [6, 6.07) is 20.7. The van der Waals surface area contributed by atoms with Crippen molar-refractivity contribution in [3.8, 4) is 34.3 Å². The molecule has 6 heteroatoms. The van der Waals surface area contributed by atoms with Gasteiger partial charge in [0.25, 0.3) is 0 Å². The van der Waals surface area contributed by atoms with Gasteiger partial charge >= 0.3 is 0 Å². The average Bonchev–Trinajstić information content (AvgIpc) is 3.25. The largest absolute Gasteiger partial charge is 0.494 e. The molecule has 0 radical (unpaired) electrons. The van der Waals surface area contributed by atoms with Crippen LogP contribution in [-0.2, 0) is 6.61 Å². The molecule has 0 amide bonds. The van der Waals surface area contributed by atoms with Gasteiger partial charge in [-0.25, -0.2) is 0 Å². The number of H-pyrrole nitrogens is 1. The van der Waals surface area contributed by atoms with Gasteiger partial charge in [0.2, 0.25) is 6.79 Å². The minimum atomic E-state index is -0.101. The Morgan fingerprint density at radius 3 is 2.42 bits per heavy atom. The molecule has 3 aromatic carbocycles. The van der Waals surface area contributed by atoms with E-state index >= 15 is 0 Å². The van der Waals surface area contributed by atoms with Crippen molar-refractivity contribution in [2.24, 2.45) is 0 Å². The van der Waals surface area contributed by atoms with Crippen molar-refractivity contribution >= 4 is 10.9 Å². The summed E-state index contributed by atoms with van der Waals surface area (Å²) >= 11 is 0. The Morgan fingerprint density at radius 2 is 1.65 bits per heavy atom. The van der Waals surface area contributed by atoms with Gasteiger partial charge in [-0.15, -0.1) is 0 Å². The van der Waals surface area contributed by atoms with Crippen LogP contribution in [-0.4, -0.2) is 18.4 Å². The fourth-order valence-electron chi connectivity index (χ4n) is 3.60. The van der Waals surface area contributed by atoms with Crippen molar-refractivity contribution in [1.29, 1.82) is 0 Å². The van der Waals surface area contributed by atoms with Crippen molar-refractivity contribution in [2.45, 2.75) is 13.5 Å². The number of hydrogen-bond donors (Lipinski definition) is 1. The summed E-state index contributed by atoms with van der Waals surface area (Å²) in [6.45, 7) is 3.05. The molecule has 1 aromatic heterocycles. The second-order valence-corrected chi connectivity index (χ2v) is 7.20. The lowest BCUT2D eigenvalue weighted by molar-refractivity contribution is 0.174. The van der Waals surface area contributed by atoms with E-state index in [9.17, 15) is 4.79 Å². The molecule has 4 aromatic rings. The molecule has 0 fully saturated rings. The van der Waals surface area contributed by atoms with E-state index in [1.54, 1.807) is 18.2 Å². The van der Waals surface area contributed by atoms with Crippen molar-refractivity contribution in [2.75, 3.05) is 13.4 Å². The van der Waals surface area contributed by atoms with Crippen molar-refractivity contribution in [1.82, 2.24) is 4.98 Å². The fraction of sp³-hybridized carbons (Fsp3) is 0.160. The molecule has 0 saturated carbocycles. The van der Waals surface area contributed by atoms with Gasteiger partial charge in [0, 0.05) is 34.8 Å². The normalized spacial score (nSPS) is 12.2. The molecule has 0 aliphatic carbocycles. The summed E-state index contributed by atoms with van der Waals surface area (Å²) in [7, 11) is 0. The smallest absolute Gasteiger partial charge is 0.231 e. The number of benzene rings is 3. The molecular weight excluding hydrogens is 394 g/mol. The second-order valence-electron chi connectivity index (χ2n) is 7.20. The van der Waals surface area contributed by atoms with E-state index in [1.807, 2.05) is 55.5 Å². The van der Waals surface area contributed by atoms with E-state index < -0.39 is 0 Å². The maximum Gasteiger partial charge on any atom is 0.231 e. The number of rotatable bonds is 6. The van der Waals surface area contributed by atoms with Crippen LogP contribution in [0, 0.1) is 0 Å². The number of aromatic amines is 1. The molecular formula is C25H21NO5. The van der Waals surface area contributed by atoms with Crippen molar-refractivity contribution < 1.29 is 18.9 Å². The highest BCUT2D eigenvalue weighted by Crippen LogP contribution is 2.36. The third-order valence-electron chi connectivity index (χ3n) is 5.07. The van der Waals surface area contributed by atoms with Crippen LogP contribution in [0.15, 0.2) is 71.5 Å². The van der Waals surface area contributed by atoms with Crippen LogP contribution in [0.2, 0.25) is 0 Å². The minimum Gasteiger partial charge on any atom is -0.494 e. The monoisotopic (exact) mass is 415 g/mol. The Balaban J connectivity index is 1.53. The van der Waals surface area contributed by atoms with Gasteiger partial charge in [-0.3, -0.25) is 4.79 Å². The summed E-state index contributed by atoms with van der Waals surface area (Å²) in [6.07, 6.45) is 0. The highest BCUT2D eigenvalue weighted by atomic mass is 16.7. The van der Waals surface area contributed by atoms with Gasteiger partial charge in [0.05, 0.1) is 12.1 Å². The molecule has 5 rings (SSSR count). The Bertz CT molecular complexity index is 1300. The molecule has 156 valence electrons. The second kappa shape index (κ2) is 8.07. The molecule has 1 aliphatic rings. The summed E-state index contributed by atoms with van der Waals surface area (Å²) in [4.78, 5) is 16.1. The number of pyridine rings is 1. The van der Waals surface area contributed by atoms with Crippen LogP contribution >= 0.6 is 0 Å². The molecule has 1 N–H and O–H groups in total. The Morgan fingerprint density at radius 1 is 0.903 bits per heavy atom. The summed E-state index contributed by atoms with van der Waals surface area (Å²) < 4.78 is 22.6. The Kier molecular flexibility index (Phi) is 4.96. The average molecular weight is 415 g/mol. The standard InChI is InChI=1S/C25H21NO5/c1-2-28-18-8-17(9-19(10-18)29-14-16-6-4-3-5-7-16)21-12-23(27)20-11-24-25(31-15-30-24)13-22(20)26-21/h3-13H,2,14-15H2,1H3,(H,26,27). The van der Waals surface area contributed by atoms with Crippen LogP contribution in [0.5, 0.6) is 23.0 Å². The Hall–Kier alpha value is -3.93. The van der Waals surface area contributed by atoms with E-state index in [0.717, 1.165) is 11.1 Å². The van der Waals surface area contributed by atoms with E-state index in [2.05, 4.69) is 4.98 Å². The number of hydrogen-bond acceptors (Lipinski definition) is 5. The first-order valence-corrected chi connectivity index (χ1v) is 10.1. The highest BCUT2D eigenvalue weighted by molar-refractivity contribution is 5.85. The highest BCUT2D eigenvalue weighted by Gasteiger charge is 2.17. The molecule has 31 heavy (non-hydrogen) atoms. The molecule has 6 nitrogen and oxygen atoms in total. The zero-order chi connectivity index (χ0) is 21.2. The Labute approximate surface area is 179 Å². The van der Waals surface area contributed by atoms with Crippen LogP contribution < -0.4 is 24.4 Å². The molecule has 0 unspecified atom stereocenters. The number of ether oxygens (including phenoxy) is 4. The molecule has 0 atom stereocenters. The maximum absolute atomic E-state index is 12.8. The summed E-state index contributed by atoms with van der Waals surface area (Å²) in [5.41, 5.74) is 3.12. The molecule has 0 spiro atoms. The lowest BCUT2D eigenvalue weighted by Crippen LogP contribution is -2.03. The number of fused-ring (bicyclic) bond motifs is 2. The van der Waals surface area contributed by atoms with E-state index in [1.165, 1.54) is 0 Å². The number of aromatic nitrogens is 1. The fourth-order valence-corrected chi connectivity index (χ4v) is 3.60. The van der Waals surface area contributed by atoms with Gasteiger partial charge in [0.15, 0.2) is 16.9 Å². The van der Waals surface area contributed by atoms with Crippen LogP contribution in [0.25, 0.3) is 22.2 Å². The van der Waals surface area contributed by atoms with Crippen LogP contribution in [0.3, 0.4) is 0 Å². The first-order valence-electron chi connectivity index (χ1n) is 10.1. The predicted molar refractivity (Wildman–Crippen MR) is 118 cm³/mol. The minimum absolute atomic E-state index is 0.101. The molecule has 0 saturated heterocycles. The summed E-state index contributed by atoms with van der Waals surface area (Å²) in [5.74, 6) is 2.54. The van der Waals surface area contributed by atoms with Crippen molar-refractivity contribution in [3.05, 3.63) is 82.5 Å². The van der Waals surface area contributed by atoms with Crippen molar-refractivity contribution in [3.63, 3.8) is 0 Å².